The molecule has 0 spiro atoms. The molecule has 0 radical (unpaired) electrons. The van der Waals surface area contributed by atoms with E-state index in [-0.39, 0.29) is 24.5 Å². The number of nitrogens with zero attached hydrogens (tertiary/aromatic N) is 3. The number of carbonyl (C=O) groups excluding carboxylic acids is 1. The molecular formula is C20H16N4O3S. The summed E-state index contributed by atoms with van der Waals surface area (Å²) in [5.41, 5.74) is 1.02. The van der Waals surface area contributed by atoms with E-state index in [2.05, 4.69) is 9.69 Å². The van der Waals surface area contributed by atoms with Gasteiger partial charge in [-0.05, 0) is 29.2 Å². The minimum absolute atomic E-state index is 0.117. The molecule has 2 aromatic carbocycles. The second kappa shape index (κ2) is 7.61. The monoisotopic (exact) mass is 392 g/mol. The van der Waals surface area contributed by atoms with E-state index in [0.717, 1.165) is 21.7 Å². The average molecular weight is 392 g/mol. The Balaban J connectivity index is 1.73. The molecule has 0 saturated carbocycles. The summed E-state index contributed by atoms with van der Waals surface area (Å²) in [6.07, 6.45) is 0. The van der Waals surface area contributed by atoms with Gasteiger partial charge in [-0.1, -0.05) is 48.5 Å². The molecule has 7 nitrogen and oxygen atoms in total. The summed E-state index contributed by atoms with van der Waals surface area (Å²) >= 11 is 1.08. The van der Waals surface area contributed by atoms with Gasteiger partial charge in [0, 0.05) is 11.1 Å². The van der Waals surface area contributed by atoms with Gasteiger partial charge < -0.3 is 5.32 Å². The van der Waals surface area contributed by atoms with E-state index in [4.69, 9.17) is 0 Å². The molecule has 8 heteroatoms. The average Bonchev–Trinajstić information content (AvgIpc) is 3.20. The zero-order chi connectivity index (χ0) is 19.5. The number of para-hydroxylation sites is 1. The van der Waals surface area contributed by atoms with Crippen LogP contribution in [0.4, 0.5) is 5.69 Å². The van der Waals surface area contributed by atoms with Crippen molar-refractivity contribution in [1.82, 2.24) is 13.5 Å². The Morgan fingerprint density at radius 3 is 2.36 bits per heavy atom. The lowest BCUT2D eigenvalue weighted by molar-refractivity contribution is -0.116. The van der Waals surface area contributed by atoms with Crippen molar-refractivity contribution in [2.24, 2.45) is 0 Å². The second-order valence-electron chi connectivity index (χ2n) is 6.21. The van der Waals surface area contributed by atoms with Crippen LogP contribution in [0.2, 0.25) is 0 Å². The highest BCUT2D eigenvalue weighted by Crippen LogP contribution is 2.11. The largest absolute Gasteiger partial charge is 0.332 e. The summed E-state index contributed by atoms with van der Waals surface area (Å²) in [4.78, 5) is 38.2. The molecule has 0 aliphatic heterocycles. The maximum absolute atomic E-state index is 13.0. The van der Waals surface area contributed by atoms with E-state index in [1.54, 1.807) is 17.5 Å². The third-order valence-electron chi connectivity index (χ3n) is 4.29. The summed E-state index contributed by atoms with van der Waals surface area (Å²) in [5, 5.41) is 4.37. The number of rotatable bonds is 5. The molecule has 4 aromatic rings. The van der Waals surface area contributed by atoms with Crippen molar-refractivity contribution in [3.05, 3.63) is 92.4 Å². The number of amides is 1. The van der Waals surface area contributed by atoms with Gasteiger partial charge in [-0.2, -0.15) is 4.37 Å². The molecule has 2 heterocycles. The quantitative estimate of drug-likeness (QED) is 0.565. The molecule has 0 saturated heterocycles. The number of hydrogen-bond acceptors (Lipinski definition) is 5. The summed E-state index contributed by atoms with van der Waals surface area (Å²) in [7, 11) is 0. The van der Waals surface area contributed by atoms with Gasteiger partial charge in [0.25, 0.3) is 5.56 Å². The molecule has 0 atom stereocenters. The molecule has 4 rings (SSSR count). The van der Waals surface area contributed by atoms with Crippen molar-refractivity contribution in [2.45, 2.75) is 13.1 Å². The van der Waals surface area contributed by atoms with E-state index < -0.39 is 11.2 Å². The highest BCUT2D eigenvalue weighted by atomic mass is 32.1. The Bertz CT molecular complexity index is 1240. The van der Waals surface area contributed by atoms with Crippen molar-refractivity contribution < 1.29 is 4.79 Å². The fraction of sp³-hybridized carbons (Fsp3) is 0.100. The van der Waals surface area contributed by atoms with Gasteiger partial charge >= 0.3 is 5.69 Å². The maximum Gasteiger partial charge on any atom is 0.332 e. The number of fused-ring (bicyclic) bond motifs is 1. The molecule has 1 N–H and O–H groups in total. The smallest absolute Gasteiger partial charge is 0.325 e. The first-order valence-electron chi connectivity index (χ1n) is 8.60. The van der Waals surface area contributed by atoms with Gasteiger partial charge in [-0.3, -0.25) is 18.7 Å². The lowest BCUT2D eigenvalue weighted by atomic mass is 10.2. The zero-order valence-electron chi connectivity index (χ0n) is 14.7. The summed E-state index contributed by atoms with van der Waals surface area (Å²) in [6.45, 7) is -0.0933. The standard InChI is InChI=1S/C20H16N4O3S/c25-17(21-15-9-5-2-6-10-15)12-23-16-13-28-22-18(16)19(26)24(20(23)27)11-14-7-3-1-4-8-14/h1-10,13H,11-12H2,(H,21,25). The van der Waals surface area contributed by atoms with Crippen LogP contribution in [-0.4, -0.2) is 19.4 Å². The van der Waals surface area contributed by atoms with E-state index in [1.165, 1.54) is 4.57 Å². The Morgan fingerprint density at radius 2 is 1.64 bits per heavy atom. The number of anilines is 1. The molecule has 0 bridgehead atoms. The van der Waals surface area contributed by atoms with E-state index in [0.29, 0.717) is 11.2 Å². The number of aromatic nitrogens is 3. The van der Waals surface area contributed by atoms with Gasteiger partial charge in [0.05, 0.1) is 12.1 Å². The van der Waals surface area contributed by atoms with Gasteiger partial charge in [0.1, 0.15) is 6.54 Å². The summed E-state index contributed by atoms with van der Waals surface area (Å²) in [6, 6.07) is 18.2. The molecule has 0 aliphatic carbocycles. The predicted octanol–water partition coefficient (Wildman–Crippen LogP) is 2.31. The molecule has 0 unspecified atom stereocenters. The van der Waals surface area contributed by atoms with Crippen molar-refractivity contribution >= 4 is 34.2 Å². The number of nitrogens with one attached hydrogen (secondary N) is 1. The minimum atomic E-state index is -0.537. The van der Waals surface area contributed by atoms with Crippen LogP contribution in [0.15, 0.2) is 75.6 Å². The molecule has 140 valence electrons. The fourth-order valence-electron chi connectivity index (χ4n) is 2.96. The first-order valence-corrected chi connectivity index (χ1v) is 9.43. The molecule has 0 fully saturated rings. The Hall–Kier alpha value is -3.52. The second-order valence-corrected chi connectivity index (χ2v) is 6.84. The van der Waals surface area contributed by atoms with Gasteiger partial charge in [-0.15, -0.1) is 0 Å². The molecule has 2 aromatic heterocycles. The highest BCUT2D eigenvalue weighted by Gasteiger charge is 2.17. The number of hydrogen-bond donors (Lipinski definition) is 1. The maximum atomic E-state index is 13.0. The molecule has 28 heavy (non-hydrogen) atoms. The molecule has 1 amide bonds. The van der Waals surface area contributed by atoms with E-state index in [1.807, 2.05) is 48.5 Å². The third-order valence-corrected chi connectivity index (χ3v) is 4.91. The Kier molecular flexibility index (Phi) is 4.86. The van der Waals surface area contributed by atoms with Crippen LogP contribution >= 0.6 is 11.5 Å². The Morgan fingerprint density at radius 1 is 0.964 bits per heavy atom. The minimum Gasteiger partial charge on any atom is -0.325 e. The first kappa shape index (κ1) is 17.9. The topological polar surface area (TPSA) is 86.0 Å². The van der Waals surface area contributed by atoms with Crippen LogP contribution in [0, 0.1) is 0 Å². The highest BCUT2D eigenvalue weighted by molar-refractivity contribution is 7.04. The van der Waals surface area contributed by atoms with Crippen LogP contribution in [-0.2, 0) is 17.9 Å². The van der Waals surface area contributed by atoms with Gasteiger partial charge in [0.2, 0.25) is 5.91 Å². The molecular weight excluding hydrogens is 376 g/mol. The van der Waals surface area contributed by atoms with Crippen LogP contribution in [0.3, 0.4) is 0 Å². The lowest BCUT2D eigenvalue weighted by Gasteiger charge is -2.12. The predicted molar refractivity (Wildman–Crippen MR) is 109 cm³/mol. The van der Waals surface area contributed by atoms with Crippen molar-refractivity contribution in [1.29, 1.82) is 0 Å². The fourth-order valence-corrected chi connectivity index (χ4v) is 3.63. The van der Waals surface area contributed by atoms with Crippen molar-refractivity contribution in [2.75, 3.05) is 5.32 Å². The SMILES string of the molecule is O=C(Cn1c(=O)n(Cc2ccccc2)c(=O)c2nscc21)Nc1ccccc1. The number of benzene rings is 2. The van der Waals surface area contributed by atoms with Crippen LogP contribution < -0.4 is 16.6 Å². The van der Waals surface area contributed by atoms with Crippen LogP contribution in [0.1, 0.15) is 5.56 Å². The van der Waals surface area contributed by atoms with Crippen molar-refractivity contribution in [3.8, 4) is 0 Å². The lowest BCUT2D eigenvalue weighted by Crippen LogP contribution is -2.41. The zero-order valence-corrected chi connectivity index (χ0v) is 15.6. The summed E-state index contributed by atoms with van der Waals surface area (Å²) < 4.78 is 6.54. The Labute approximate surface area is 163 Å². The summed E-state index contributed by atoms with van der Waals surface area (Å²) in [5.74, 6) is -0.356. The van der Waals surface area contributed by atoms with Crippen LogP contribution in [0.25, 0.3) is 11.0 Å². The van der Waals surface area contributed by atoms with Gasteiger partial charge in [0.15, 0.2) is 5.52 Å². The van der Waals surface area contributed by atoms with Gasteiger partial charge in [-0.25, -0.2) is 4.79 Å². The van der Waals surface area contributed by atoms with Crippen molar-refractivity contribution in [3.63, 3.8) is 0 Å². The van der Waals surface area contributed by atoms with E-state index in [9.17, 15) is 14.4 Å². The van der Waals surface area contributed by atoms with Crippen LogP contribution in [0.5, 0.6) is 0 Å². The molecule has 0 aliphatic rings. The first-order chi connectivity index (χ1) is 13.6. The van der Waals surface area contributed by atoms with E-state index >= 15 is 0 Å². The number of carbonyl (C=O) groups is 1. The normalized spacial score (nSPS) is 10.9. The third kappa shape index (κ3) is 3.49.